The minimum Gasteiger partial charge on any atom is -0.357 e. The van der Waals surface area contributed by atoms with Crippen LogP contribution in [-0.4, -0.2) is 48.3 Å². The van der Waals surface area contributed by atoms with Gasteiger partial charge in [-0.15, -0.1) is 0 Å². The highest BCUT2D eigenvalue weighted by Gasteiger charge is 2.54. The van der Waals surface area contributed by atoms with Gasteiger partial charge in [-0.1, -0.05) is 41.4 Å². The average Bonchev–Trinajstić information content (AvgIpc) is 3.67. The average molecular weight is 500 g/mol. The summed E-state index contributed by atoms with van der Waals surface area (Å²) >= 11 is 12.5. The number of amides is 1. The molecule has 0 bridgehead atoms. The van der Waals surface area contributed by atoms with E-state index in [1.165, 1.54) is 6.42 Å². The van der Waals surface area contributed by atoms with Gasteiger partial charge in [0, 0.05) is 31.2 Å². The Hall–Kier alpha value is -2.11. The summed E-state index contributed by atoms with van der Waals surface area (Å²) in [4.78, 5) is 33.1. The molecular formula is C27H31Cl2N3O2. The van der Waals surface area contributed by atoms with Gasteiger partial charge in [0.05, 0.1) is 11.0 Å². The molecule has 1 saturated carbocycles. The van der Waals surface area contributed by atoms with Crippen LogP contribution >= 0.6 is 23.2 Å². The summed E-state index contributed by atoms with van der Waals surface area (Å²) in [5.41, 5.74) is 1.07. The van der Waals surface area contributed by atoms with Crippen molar-refractivity contribution >= 4 is 41.2 Å². The second-order valence-corrected chi connectivity index (χ2v) is 10.9. The van der Waals surface area contributed by atoms with Gasteiger partial charge in [0.25, 0.3) is 0 Å². The molecule has 0 N–H and O–H groups in total. The fourth-order valence-electron chi connectivity index (χ4n) is 5.82. The number of anilines is 1. The molecule has 2 aliphatic heterocycles. The van der Waals surface area contributed by atoms with Crippen molar-refractivity contribution in [3.8, 4) is 0 Å². The minimum absolute atomic E-state index is 0.276. The molecular weight excluding hydrogens is 469 g/mol. The van der Waals surface area contributed by atoms with E-state index in [-0.39, 0.29) is 16.5 Å². The summed E-state index contributed by atoms with van der Waals surface area (Å²) in [5, 5.41) is 0.991. The number of halogens is 2. The third-order valence-electron chi connectivity index (χ3n) is 8.05. The minimum atomic E-state index is -0.376. The highest BCUT2D eigenvalue weighted by molar-refractivity contribution is 6.32. The summed E-state index contributed by atoms with van der Waals surface area (Å²) in [6.45, 7) is 3.65. The van der Waals surface area contributed by atoms with Crippen LogP contribution in [0, 0.1) is 11.8 Å². The highest BCUT2D eigenvalue weighted by atomic mass is 35.5. The Morgan fingerprint density at radius 3 is 2.21 bits per heavy atom. The second-order valence-electron chi connectivity index (χ2n) is 10.1. The Kier molecular flexibility index (Phi) is 6.85. The molecule has 3 aliphatic rings. The van der Waals surface area contributed by atoms with Gasteiger partial charge in [0.15, 0.2) is 6.29 Å². The lowest BCUT2D eigenvalue weighted by atomic mass is 9.82. The lowest BCUT2D eigenvalue weighted by molar-refractivity contribution is -0.135. The van der Waals surface area contributed by atoms with Crippen molar-refractivity contribution in [2.75, 3.05) is 31.1 Å². The fourth-order valence-corrected chi connectivity index (χ4v) is 6.33. The van der Waals surface area contributed by atoms with E-state index in [1.54, 1.807) is 6.07 Å². The number of likely N-dealkylation sites (tertiary alicyclic amines) is 1. The predicted octanol–water partition coefficient (Wildman–Crippen LogP) is 5.78. The Bertz CT molecular complexity index is 1060. The van der Waals surface area contributed by atoms with Crippen LogP contribution in [0.15, 0.2) is 36.4 Å². The molecule has 1 aromatic carbocycles. The molecule has 0 unspecified atom stereocenters. The lowest BCUT2D eigenvalue weighted by Gasteiger charge is -2.38. The molecule has 5 nitrogen and oxygen atoms in total. The lowest BCUT2D eigenvalue weighted by Crippen LogP contribution is -2.44. The van der Waals surface area contributed by atoms with E-state index in [0.717, 1.165) is 82.4 Å². The van der Waals surface area contributed by atoms with Gasteiger partial charge < -0.3 is 9.80 Å². The van der Waals surface area contributed by atoms with E-state index in [1.807, 2.05) is 30.3 Å². The maximum atomic E-state index is 13.4. The molecule has 3 fully saturated rings. The number of carbonyl (C=O) groups excluding carboxylic acids is 2. The number of piperidine rings is 2. The summed E-state index contributed by atoms with van der Waals surface area (Å²) in [6, 6.07) is 11.5. The number of hydrogen-bond acceptors (Lipinski definition) is 4. The molecule has 180 valence electrons. The molecule has 0 radical (unpaired) electrons. The van der Waals surface area contributed by atoms with Crippen LogP contribution in [0.1, 0.15) is 60.9 Å². The molecule has 2 saturated heterocycles. The molecule has 1 aromatic heterocycles. The van der Waals surface area contributed by atoms with Gasteiger partial charge in [-0.05, 0) is 80.5 Å². The first-order valence-corrected chi connectivity index (χ1v) is 13.2. The van der Waals surface area contributed by atoms with Crippen LogP contribution < -0.4 is 4.90 Å². The van der Waals surface area contributed by atoms with Crippen LogP contribution in [-0.2, 0) is 10.2 Å². The third-order valence-corrected chi connectivity index (χ3v) is 8.68. The molecule has 1 amide bonds. The maximum Gasteiger partial charge on any atom is 0.233 e. The van der Waals surface area contributed by atoms with Crippen molar-refractivity contribution in [1.82, 2.24) is 9.88 Å². The smallest absolute Gasteiger partial charge is 0.233 e. The highest BCUT2D eigenvalue weighted by Crippen LogP contribution is 2.52. The van der Waals surface area contributed by atoms with Crippen molar-refractivity contribution in [2.24, 2.45) is 11.8 Å². The number of rotatable bonds is 6. The van der Waals surface area contributed by atoms with E-state index in [9.17, 15) is 9.59 Å². The van der Waals surface area contributed by atoms with Crippen molar-refractivity contribution in [1.29, 1.82) is 0 Å². The van der Waals surface area contributed by atoms with Crippen molar-refractivity contribution < 1.29 is 9.59 Å². The van der Waals surface area contributed by atoms with Crippen molar-refractivity contribution in [3.63, 3.8) is 0 Å². The summed E-state index contributed by atoms with van der Waals surface area (Å²) < 4.78 is 0. The normalized spacial score (nSPS) is 20.9. The van der Waals surface area contributed by atoms with Crippen LogP contribution in [0.5, 0.6) is 0 Å². The third kappa shape index (κ3) is 4.70. The van der Waals surface area contributed by atoms with Gasteiger partial charge in [0.2, 0.25) is 5.91 Å². The van der Waals surface area contributed by atoms with Gasteiger partial charge in [0.1, 0.15) is 11.0 Å². The van der Waals surface area contributed by atoms with Gasteiger partial charge in [-0.3, -0.25) is 9.59 Å². The molecule has 1 aliphatic carbocycles. The van der Waals surface area contributed by atoms with Crippen LogP contribution in [0.3, 0.4) is 0 Å². The van der Waals surface area contributed by atoms with Crippen molar-refractivity contribution in [3.05, 3.63) is 57.7 Å². The fraction of sp³-hybridized carbons (Fsp3) is 0.519. The number of aldehydes is 1. The van der Waals surface area contributed by atoms with Crippen LogP contribution in [0.4, 0.5) is 5.82 Å². The number of nitrogens with zero attached hydrogens (tertiary/aromatic N) is 3. The second kappa shape index (κ2) is 9.87. The number of pyridine rings is 1. The molecule has 3 heterocycles. The maximum absolute atomic E-state index is 13.4. The topological polar surface area (TPSA) is 53.5 Å². The first-order chi connectivity index (χ1) is 16.5. The molecule has 0 spiro atoms. The van der Waals surface area contributed by atoms with Gasteiger partial charge >= 0.3 is 0 Å². The Morgan fingerprint density at radius 2 is 1.62 bits per heavy atom. The first kappa shape index (κ1) is 23.6. The Labute approximate surface area is 211 Å². The van der Waals surface area contributed by atoms with E-state index < -0.39 is 0 Å². The van der Waals surface area contributed by atoms with E-state index in [0.29, 0.717) is 22.4 Å². The van der Waals surface area contributed by atoms with Crippen LogP contribution in [0.25, 0.3) is 0 Å². The summed E-state index contributed by atoms with van der Waals surface area (Å²) in [6.07, 6.45) is 8.27. The predicted molar refractivity (Wildman–Crippen MR) is 136 cm³/mol. The quantitative estimate of drug-likeness (QED) is 0.373. The Morgan fingerprint density at radius 1 is 0.971 bits per heavy atom. The molecule has 34 heavy (non-hydrogen) atoms. The largest absolute Gasteiger partial charge is 0.357 e. The zero-order valence-corrected chi connectivity index (χ0v) is 20.9. The monoisotopic (exact) mass is 499 g/mol. The van der Waals surface area contributed by atoms with E-state index >= 15 is 0 Å². The van der Waals surface area contributed by atoms with E-state index in [2.05, 4.69) is 14.8 Å². The van der Waals surface area contributed by atoms with Gasteiger partial charge in [-0.2, -0.15) is 0 Å². The summed E-state index contributed by atoms with van der Waals surface area (Å²) in [5.74, 6) is 2.54. The Balaban J connectivity index is 1.10. The zero-order valence-electron chi connectivity index (χ0n) is 19.4. The molecule has 0 atom stereocenters. The summed E-state index contributed by atoms with van der Waals surface area (Å²) in [7, 11) is 0. The number of carbonyl (C=O) groups is 2. The van der Waals surface area contributed by atoms with Crippen molar-refractivity contribution in [2.45, 2.75) is 50.4 Å². The number of aromatic nitrogens is 1. The standard InChI is InChI=1S/C27H31Cl2N3O2/c28-23-4-2-1-3-22(23)27(11-12-27)26(34)32-15-9-20(10-16-32)17-19-7-13-31(14-8-19)24-6-5-21(18-33)25(29)30-24/h1-6,18-20H,7-17H2. The van der Waals surface area contributed by atoms with Crippen LogP contribution in [0.2, 0.25) is 10.2 Å². The first-order valence-electron chi connectivity index (χ1n) is 12.4. The number of hydrogen-bond donors (Lipinski definition) is 0. The van der Waals surface area contributed by atoms with Gasteiger partial charge in [-0.25, -0.2) is 4.98 Å². The number of benzene rings is 1. The van der Waals surface area contributed by atoms with E-state index in [4.69, 9.17) is 23.2 Å². The molecule has 2 aromatic rings. The zero-order chi connectivity index (χ0) is 23.7. The molecule has 5 rings (SSSR count). The SMILES string of the molecule is O=Cc1ccc(N2CCC(CC3CCN(C(=O)C4(c5ccccc5Cl)CC4)CC3)CC2)nc1Cl. The molecule has 7 heteroatoms.